The zero-order chi connectivity index (χ0) is 15.6. The second-order valence-corrected chi connectivity index (χ2v) is 5.85. The fourth-order valence-corrected chi connectivity index (χ4v) is 2.85. The van der Waals surface area contributed by atoms with Crippen molar-refractivity contribution in [2.24, 2.45) is 5.92 Å². The Morgan fingerprint density at radius 1 is 1.04 bits per heavy atom. The zero-order valence-electron chi connectivity index (χ0n) is 14.4. The number of hydrogen-bond acceptors (Lipinski definition) is 4. The maximum Gasteiger partial charge on any atom is 0.119 e. The van der Waals surface area contributed by atoms with E-state index in [1.165, 1.54) is 32.5 Å². The lowest BCUT2D eigenvalue weighted by Crippen LogP contribution is -2.39. The molecule has 0 atom stereocenters. The van der Waals surface area contributed by atoms with Crippen LogP contribution in [0.1, 0.15) is 26.7 Å². The Hall–Kier alpha value is -0.970. The van der Waals surface area contributed by atoms with E-state index in [-0.39, 0.29) is 12.4 Å². The van der Waals surface area contributed by atoms with E-state index in [1.807, 2.05) is 31.2 Å². The predicted molar refractivity (Wildman–Crippen MR) is 98.1 cm³/mol. The van der Waals surface area contributed by atoms with Crippen LogP contribution in [0.5, 0.6) is 11.5 Å². The molecule has 1 aromatic rings. The molecule has 1 aliphatic heterocycles. The number of nitrogens with one attached hydrogen (secondary N) is 1. The summed E-state index contributed by atoms with van der Waals surface area (Å²) in [5.74, 6) is 2.67. The van der Waals surface area contributed by atoms with Gasteiger partial charge in [0.25, 0.3) is 0 Å². The highest BCUT2D eigenvalue weighted by Gasteiger charge is 2.18. The molecular formula is C18H31ClN2O2. The van der Waals surface area contributed by atoms with E-state index in [0.717, 1.165) is 37.1 Å². The van der Waals surface area contributed by atoms with E-state index < -0.39 is 0 Å². The first-order valence-electron chi connectivity index (χ1n) is 8.60. The average molecular weight is 343 g/mol. The third kappa shape index (κ3) is 7.42. The smallest absolute Gasteiger partial charge is 0.119 e. The molecule has 0 unspecified atom stereocenters. The van der Waals surface area contributed by atoms with E-state index in [4.69, 9.17) is 9.47 Å². The van der Waals surface area contributed by atoms with Crippen LogP contribution in [0.3, 0.4) is 0 Å². The van der Waals surface area contributed by atoms with Crippen LogP contribution in [0.2, 0.25) is 0 Å². The molecule has 5 heteroatoms. The Morgan fingerprint density at radius 2 is 1.65 bits per heavy atom. The molecule has 1 saturated heterocycles. The summed E-state index contributed by atoms with van der Waals surface area (Å²) >= 11 is 0. The molecule has 1 aromatic carbocycles. The first kappa shape index (κ1) is 20.1. The molecule has 0 saturated carbocycles. The van der Waals surface area contributed by atoms with Crippen LogP contribution >= 0.6 is 12.4 Å². The molecule has 1 N–H and O–H groups in total. The maximum atomic E-state index is 5.82. The first-order chi connectivity index (χ1) is 10.8. The molecule has 132 valence electrons. The zero-order valence-corrected chi connectivity index (χ0v) is 15.2. The third-order valence-electron chi connectivity index (χ3n) is 4.20. The van der Waals surface area contributed by atoms with Crippen molar-refractivity contribution < 1.29 is 9.47 Å². The van der Waals surface area contributed by atoms with Gasteiger partial charge in [-0.25, -0.2) is 0 Å². The average Bonchev–Trinajstić information content (AvgIpc) is 2.56. The third-order valence-corrected chi connectivity index (χ3v) is 4.20. The monoisotopic (exact) mass is 342 g/mol. The van der Waals surface area contributed by atoms with Gasteiger partial charge in [0.2, 0.25) is 0 Å². The molecule has 2 rings (SSSR count). The number of nitrogens with zero attached hydrogens (tertiary/aromatic N) is 1. The van der Waals surface area contributed by atoms with Crippen molar-refractivity contribution >= 4 is 12.4 Å². The molecule has 0 amide bonds. The molecule has 1 aliphatic rings. The van der Waals surface area contributed by atoms with E-state index in [1.54, 1.807) is 0 Å². The lowest BCUT2D eigenvalue weighted by atomic mass is 9.97. The van der Waals surface area contributed by atoms with E-state index in [2.05, 4.69) is 17.1 Å². The summed E-state index contributed by atoms with van der Waals surface area (Å²) in [7, 11) is 0. The van der Waals surface area contributed by atoms with Gasteiger partial charge in [-0.05, 0) is 76.1 Å². The van der Waals surface area contributed by atoms with Gasteiger partial charge in [-0.1, -0.05) is 6.92 Å². The normalized spacial score (nSPS) is 15.9. The summed E-state index contributed by atoms with van der Waals surface area (Å²) < 4.78 is 11.3. The van der Waals surface area contributed by atoms with Crippen molar-refractivity contribution in [3.8, 4) is 11.5 Å². The topological polar surface area (TPSA) is 33.7 Å². The van der Waals surface area contributed by atoms with Crippen molar-refractivity contribution in [1.29, 1.82) is 0 Å². The molecule has 0 spiro atoms. The van der Waals surface area contributed by atoms with E-state index in [0.29, 0.717) is 6.61 Å². The van der Waals surface area contributed by atoms with Gasteiger partial charge < -0.3 is 14.8 Å². The summed E-state index contributed by atoms with van der Waals surface area (Å²) in [5.41, 5.74) is 0. The van der Waals surface area contributed by atoms with Crippen molar-refractivity contribution in [2.75, 3.05) is 45.9 Å². The first-order valence-corrected chi connectivity index (χ1v) is 8.60. The van der Waals surface area contributed by atoms with Crippen molar-refractivity contribution in [3.05, 3.63) is 24.3 Å². The minimum absolute atomic E-state index is 0. The summed E-state index contributed by atoms with van der Waals surface area (Å²) in [6, 6.07) is 7.89. The summed E-state index contributed by atoms with van der Waals surface area (Å²) in [6.45, 7) is 11.3. The molecule has 0 radical (unpaired) electrons. The standard InChI is InChI=1S/C18H30N2O2.ClH/c1-3-19-15-16-9-11-20(12-10-16)13-14-22-18-7-5-17(6-8-18)21-4-2;/h5-8,16,19H,3-4,9-15H2,1-2H3;1H. The lowest BCUT2D eigenvalue weighted by Gasteiger charge is -2.31. The number of ether oxygens (including phenoxy) is 2. The second-order valence-electron chi connectivity index (χ2n) is 5.85. The van der Waals surface area contributed by atoms with E-state index in [9.17, 15) is 0 Å². The van der Waals surface area contributed by atoms with Gasteiger partial charge in [-0.2, -0.15) is 0 Å². The Kier molecular flexibility index (Phi) is 10.1. The van der Waals surface area contributed by atoms with Gasteiger partial charge in [0.05, 0.1) is 6.61 Å². The van der Waals surface area contributed by atoms with Gasteiger partial charge >= 0.3 is 0 Å². The Morgan fingerprint density at radius 3 is 2.22 bits per heavy atom. The minimum atomic E-state index is 0. The predicted octanol–water partition coefficient (Wildman–Crippen LogP) is 3.21. The molecule has 23 heavy (non-hydrogen) atoms. The summed E-state index contributed by atoms with van der Waals surface area (Å²) in [6.07, 6.45) is 2.60. The molecule has 1 fully saturated rings. The quantitative estimate of drug-likeness (QED) is 0.747. The summed E-state index contributed by atoms with van der Waals surface area (Å²) in [5, 5.41) is 3.46. The van der Waals surface area contributed by atoms with Crippen LogP contribution in [0.4, 0.5) is 0 Å². The minimum Gasteiger partial charge on any atom is -0.494 e. The number of rotatable bonds is 9. The number of likely N-dealkylation sites (tertiary alicyclic amines) is 1. The van der Waals surface area contributed by atoms with Gasteiger partial charge in [0.15, 0.2) is 0 Å². The lowest BCUT2D eigenvalue weighted by molar-refractivity contribution is 0.154. The Labute approximate surface area is 146 Å². The van der Waals surface area contributed by atoms with Gasteiger partial charge in [0, 0.05) is 6.54 Å². The SMILES string of the molecule is CCNCC1CCN(CCOc2ccc(OCC)cc2)CC1.Cl. The largest absolute Gasteiger partial charge is 0.494 e. The van der Waals surface area contributed by atoms with Gasteiger partial charge in [-0.3, -0.25) is 4.90 Å². The number of hydrogen-bond donors (Lipinski definition) is 1. The molecule has 0 aliphatic carbocycles. The van der Waals surface area contributed by atoms with Crippen LogP contribution in [0.15, 0.2) is 24.3 Å². The van der Waals surface area contributed by atoms with Crippen LogP contribution in [-0.2, 0) is 0 Å². The van der Waals surface area contributed by atoms with Gasteiger partial charge in [0.1, 0.15) is 18.1 Å². The maximum absolute atomic E-state index is 5.82. The molecular weight excluding hydrogens is 312 g/mol. The highest BCUT2D eigenvalue weighted by molar-refractivity contribution is 5.85. The van der Waals surface area contributed by atoms with Crippen LogP contribution in [0.25, 0.3) is 0 Å². The molecule has 0 bridgehead atoms. The summed E-state index contributed by atoms with van der Waals surface area (Å²) in [4.78, 5) is 2.51. The van der Waals surface area contributed by atoms with E-state index >= 15 is 0 Å². The van der Waals surface area contributed by atoms with Crippen LogP contribution < -0.4 is 14.8 Å². The Balaban J connectivity index is 0.00000264. The molecule has 4 nitrogen and oxygen atoms in total. The fourth-order valence-electron chi connectivity index (χ4n) is 2.85. The van der Waals surface area contributed by atoms with Crippen LogP contribution in [-0.4, -0.2) is 50.8 Å². The fraction of sp³-hybridized carbons (Fsp3) is 0.667. The van der Waals surface area contributed by atoms with Crippen LogP contribution in [0, 0.1) is 5.92 Å². The highest BCUT2D eigenvalue weighted by atomic mass is 35.5. The van der Waals surface area contributed by atoms with Crippen molar-refractivity contribution in [2.45, 2.75) is 26.7 Å². The Bertz CT molecular complexity index is 406. The van der Waals surface area contributed by atoms with Gasteiger partial charge in [-0.15, -0.1) is 12.4 Å². The number of piperidine rings is 1. The molecule has 0 aromatic heterocycles. The highest BCUT2D eigenvalue weighted by Crippen LogP contribution is 2.18. The molecule has 1 heterocycles. The number of halogens is 1. The van der Waals surface area contributed by atoms with Crippen molar-refractivity contribution in [1.82, 2.24) is 10.2 Å². The van der Waals surface area contributed by atoms with Crippen molar-refractivity contribution in [3.63, 3.8) is 0 Å². The number of benzene rings is 1. The second kappa shape index (κ2) is 11.5.